The first-order chi connectivity index (χ1) is 8.00. The number of rotatable bonds is 2. The zero-order chi connectivity index (χ0) is 12.6. The second-order valence-electron chi connectivity index (χ2n) is 3.90. The lowest BCUT2D eigenvalue weighted by molar-refractivity contribution is 1.13. The molecule has 1 aromatic carbocycles. The standard InChI is InChI=1S/C13H11BrCl2S/c1-7-4-3-5-9(12(7)15)13(16)10-6-11(14)17-8(10)2/h3-6,13H,1-2H3. The van der Waals surface area contributed by atoms with Gasteiger partial charge in [-0.25, -0.2) is 0 Å². The summed E-state index contributed by atoms with van der Waals surface area (Å²) in [6, 6.07) is 8.03. The minimum absolute atomic E-state index is 0.190. The number of hydrogen-bond acceptors (Lipinski definition) is 1. The molecule has 0 aliphatic carbocycles. The van der Waals surface area contributed by atoms with Crippen LogP contribution in [0.4, 0.5) is 0 Å². The summed E-state index contributed by atoms with van der Waals surface area (Å²) in [5.74, 6) is 0. The molecule has 4 heteroatoms. The van der Waals surface area contributed by atoms with E-state index in [1.807, 2.05) is 25.1 Å². The predicted molar refractivity (Wildman–Crippen MR) is 80.6 cm³/mol. The molecule has 1 unspecified atom stereocenters. The molecule has 0 radical (unpaired) electrons. The van der Waals surface area contributed by atoms with Crippen molar-refractivity contribution in [3.63, 3.8) is 0 Å². The Morgan fingerprint density at radius 3 is 2.53 bits per heavy atom. The van der Waals surface area contributed by atoms with Gasteiger partial charge in [0.15, 0.2) is 0 Å². The van der Waals surface area contributed by atoms with Crippen molar-refractivity contribution in [3.8, 4) is 0 Å². The van der Waals surface area contributed by atoms with Gasteiger partial charge in [0.1, 0.15) is 0 Å². The van der Waals surface area contributed by atoms with E-state index in [0.717, 1.165) is 25.5 Å². The Hall–Kier alpha value is -0.0200. The molecule has 90 valence electrons. The molecule has 0 bridgehead atoms. The van der Waals surface area contributed by atoms with Gasteiger partial charge in [0.05, 0.1) is 9.16 Å². The van der Waals surface area contributed by atoms with Gasteiger partial charge in [0.25, 0.3) is 0 Å². The van der Waals surface area contributed by atoms with Gasteiger partial charge in [0, 0.05) is 9.90 Å². The van der Waals surface area contributed by atoms with E-state index in [4.69, 9.17) is 23.2 Å². The van der Waals surface area contributed by atoms with Crippen molar-refractivity contribution in [2.45, 2.75) is 19.2 Å². The van der Waals surface area contributed by atoms with E-state index in [2.05, 4.69) is 28.9 Å². The lowest BCUT2D eigenvalue weighted by atomic mass is 10.0. The molecular formula is C13H11BrCl2S. The largest absolute Gasteiger partial charge is 0.133 e. The minimum atomic E-state index is -0.190. The Morgan fingerprint density at radius 1 is 1.24 bits per heavy atom. The van der Waals surface area contributed by atoms with E-state index in [-0.39, 0.29) is 5.38 Å². The van der Waals surface area contributed by atoms with Crippen LogP contribution in [0.25, 0.3) is 0 Å². The second kappa shape index (κ2) is 5.31. The van der Waals surface area contributed by atoms with Crippen molar-refractivity contribution >= 4 is 50.5 Å². The van der Waals surface area contributed by atoms with E-state index in [1.165, 1.54) is 4.88 Å². The fourth-order valence-electron chi connectivity index (χ4n) is 1.74. The maximum Gasteiger partial charge on any atom is 0.0860 e. The van der Waals surface area contributed by atoms with Crippen LogP contribution in [-0.4, -0.2) is 0 Å². The first-order valence-corrected chi connectivity index (χ1v) is 7.58. The molecule has 0 saturated heterocycles. The average molecular weight is 350 g/mol. The molecule has 1 atom stereocenters. The van der Waals surface area contributed by atoms with Crippen molar-refractivity contribution < 1.29 is 0 Å². The van der Waals surface area contributed by atoms with Crippen molar-refractivity contribution in [1.82, 2.24) is 0 Å². The SMILES string of the molecule is Cc1cccc(C(Cl)c2cc(Br)sc2C)c1Cl. The minimum Gasteiger partial charge on any atom is -0.133 e. The summed E-state index contributed by atoms with van der Waals surface area (Å²) in [6.07, 6.45) is 0. The third-order valence-electron chi connectivity index (χ3n) is 2.69. The highest BCUT2D eigenvalue weighted by Gasteiger charge is 2.18. The molecule has 17 heavy (non-hydrogen) atoms. The van der Waals surface area contributed by atoms with E-state index in [9.17, 15) is 0 Å². The maximum absolute atomic E-state index is 6.53. The van der Waals surface area contributed by atoms with Gasteiger partial charge < -0.3 is 0 Å². The Morgan fingerprint density at radius 2 is 1.94 bits per heavy atom. The molecule has 0 fully saturated rings. The molecule has 0 aliphatic heterocycles. The number of thiophene rings is 1. The van der Waals surface area contributed by atoms with Gasteiger partial charge in [-0.15, -0.1) is 22.9 Å². The van der Waals surface area contributed by atoms with Crippen molar-refractivity contribution in [3.05, 3.63) is 54.6 Å². The maximum atomic E-state index is 6.53. The molecule has 0 nitrogen and oxygen atoms in total. The van der Waals surface area contributed by atoms with Crippen molar-refractivity contribution in [2.24, 2.45) is 0 Å². The van der Waals surface area contributed by atoms with E-state index in [1.54, 1.807) is 11.3 Å². The van der Waals surface area contributed by atoms with E-state index in [0.29, 0.717) is 0 Å². The molecule has 0 N–H and O–H groups in total. The number of benzene rings is 1. The second-order valence-corrected chi connectivity index (χ2v) is 7.35. The number of halogens is 3. The van der Waals surface area contributed by atoms with Crippen LogP contribution >= 0.6 is 50.5 Å². The fraction of sp³-hybridized carbons (Fsp3) is 0.231. The molecule has 0 spiro atoms. The molecule has 1 heterocycles. The average Bonchev–Trinajstić information content (AvgIpc) is 2.61. The summed E-state index contributed by atoms with van der Waals surface area (Å²) in [5.41, 5.74) is 3.15. The lowest BCUT2D eigenvalue weighted by Gasteiger charge is -2.13. The lowest BCUT2D eigenvalue weighted by Crippen LogP contribution is -1.95. The zero-order valence-corrected chi connectivity index (χ0v) is 13.3. The van der Waals surface area contributed by atoms with Crippen LogP contribution in [0.15, 0.2) is 28.1 Å². The summed E-state index contributed by atoms with van der Waals surface area (Å²) >= 11 is 18.0. The third kappa shape index (κ3) is 2.70. The van der Waals surface area contributed by atoms with Gasteiger partial charge in [0.2, 0.25) is 0 Å². The quantitative estimate of drug-likeness (QED) is 0.574. The molecule has 0 aliphatic rings. The summed E-state index contributed by atoms with van der Waals surface area (Å²) < 4.78 is 1.10. The third-order valence-corrected chi connectivity index (χ3v) is 5.25. The summed E-state index contributed by atoms with van der Waals surface area (Å²) in [6.45, 7) is 4.07. The van der Waals surface area contributed by atoms with Crippen LogP contribution < -0.4 is 0 Å². The Bertz CT molecular complexity index is 548. The molecule has 1 aromatic heterocycles. The topological polar surface area (TPSA) is 0 Å². The highest BCUT2D eigenvalue weighted by molar-refractivity contribution is 9.11. The molecule has 2 aromatic rings. The fourth-order valence-corrected chi connectivity index (χ4v) is 4.26. The van der Waals surface area contributed by atoms with Crippen LogP contribution in [0.3, 0.4) is 0 Å². The highest BCUT2D eigenvalue weighted by Crippen LogP contribution is 2.40. The van der Waals surface area contributed by atoms with Crippen LogP contribution in [0.5, 0.6) is 0 Å². The number of alkyl halides is 1. The Labute approximate surface area is 124 Å². The van der Waals surface area contributed by atoms with Crippen molar-refractivity contribution in [1.29, 1.82) is 0 Å². The smallest absolute Gasteiger partial charge is 0.0860 e. The predicted octanol–water partition coefficient (Wildman–Crippen LogP) is 6.11. The molecule has 0 saturated carbocycles. The highest BCUT2D eigenvalue weighted by atomic mass is 79.9. The van der Waals surface area contributed by atoms with Gasteiger partial charge in [-0.3, -0.25) is 0 Å². The Kier molecular flexibility index (Phi) is 4.19. The van der Waals surface area contributed by atoms with E-state index < -0.39 is 0 Å². The number of aryl methyl sites for hydroxylation is 2. The first-order valence-electron chi connectivity index (χ1n) is 5.15. The van der Waals surface area contributed by atoms with Gasteiger partial charge in [-0.2, -0.15) is 0 Å². The van der Waals surface area contributed by atoms with Crippen LogP contribution in [0.1, 0.15) is 26.9 Å². The summed E-state index contributed by atoms with van der Waals surface area (Å²) in [4.78, 5) is 1.22. The van der Waals surface area contributed by atoms with Gasteiger partial charge in [-0.05, 0) is 52.5 Å². The van der Waals surface area contributed by atoms with Gasteiger partial charge >= 0.3 is 0 Å². The molecule has 0 amide bonds. The first kappa shape index (κ1) is 13.4. The molecule has 2 rings (SSSR count). The Balaban J connectivity index is 2.47. The summed E-state index contributed by atoms with van der Waals surface area (Å²) in [5, 5.41) is 0.569. The normalized spacial score (nSPS) is 12.8. The molecular weight excluding hydrogens is 339 g/mol. The van der Waals surface area contributed by atoms with Gasteiger partial charge in [-0.1, -0.05) is 29.8 Å². The summed E-state index contributed by atoms with van der Waals surface area (Å²) in [7, 11) is 0. The van der Waals surface area contributed by atoms with E-state index >= 15 is 0 Å². The van der Waals surface area contributed by atoms with Crippen LogP contribution in [0, 0.1) is 13.8 Å². The zero-order valence-electron chi connectivity index (χ0n) is 9.43. The van der Waals surface area contributed by atoms with Crippen LogP contribution in [0.2, 0.25) is 5.02 Å². The van der Waals surface area contributed by atoms with Crippen LogP contribution in [-0.2, 0) is 0 Å². The monoisotopic (exact) mass is 348 g/mol. The van der Waals surface area contributed by atoms with Crippen molar-refractivity contribution in [2.75, 3.05) is 0 Å². The number of hydrogen-bond donors (Lipinski definition) is 0.